The molecule has 7 heteroatoms. The number of hydrazine groups is 1. The molecule has 2 aromatic rings. The molecule has 0 aliphatic carbocycles. The van der Waals surface area contributed by atoms with Crippen molar-refractivity contribution in [3.05, 3.63) is 29.8 Å². The Morgan fingerprint density at radius 2 is 2.31 bits per heavy atom. The summed E-state index contributed by atoms with van der Waals surface area (Å²) in [6.45, 7) is 1.76. The van der Waals surface area contributed by atoms with Crippen molar-refractivity contribution < 1.29 is 4.42 Å². The number of hydrogen-bond acceptors (Lipinski definition) is 7. The first kappa shape index (κ1) is 10.9. The molecule has 0 saturated carbocycles. The molecule has 2 heterocycles. The number of nitrogens with one attached hydrogen (secondary N) is 1. The topological polar surface area (TPSA) is 89.9 Å². The quantitative estimate of drug-likeness (QED) is 0.471. The van der Waals surface area contributed by atoms with E-state index in [0.717, 1.165) is 11.3 Å². The molecule has 6 nitrogen and oxygen atoms in total. The van der Waals surface area contributed by atoms with E-state index in [-0.39, 0.29) is 0 Å². The van der Waals surface area contributed by atoms with Crippen LogP contribution in [0.3, 0.4) is 0 Å². The molecule has 84 valence electrons. The summed E-state index contributed by atoms with van der Waals surface area (Å²) in [7, 11) is 0. The summed E-state index contributed by atoms with van der Waals surface area (Å²) in [5.74, 6) is 7.17. The molecule has 16 heavy (non-hydrogen) atoms. The number of pyridine rings is 1. The predicted molar refractivity (Wildman–Crippen MR) is 60.6 cm³/mol. The van der Waals surface area contributed by atoms with Gasteiger partial charge in [-0.3, -0.25) is 0 Å². The summed E-state index contributed by atoms with van der Waals surface area (Å²) in [5, 5.41) is 8.20. The summed E-state index contributed by atoms with van der Waals surface area (Å²) in [5.41, 5.74) is 3.54. The lowest BCUT2D eigenvalue weighted by Crippen LogP contribution is -2.08. The molecule has 0 aromatic carbocycles. The highest BCUT2D eigenvalue weighted by Gasteiger charge is 2.03. The lowest BCUT2D eigenvalue weighted by Gasteiger charge is -2.00. The van der Waals surface area contributed by atoms with Gasteiger partial charge in [0.15, 0.2) is 0 Å². The van der Waals surface area contributed by atoms with Crippen LogP contribution < -0.4 is 11.3 Å². The minimum atomic E-state index is 0.568. The lowest BCUT2D eigenvalue weighted by atomic mass is 10.3. The van der Waals surface area contributed by atoms with E-state index in [2.05, 4.69) is 20.6 Å². The van der Waals surface area contributed by atoms with Crippen molar-refractivity contribution in [2.24, 2.45) is 5.84 Å². The molecule has 0 saturated heterocycles. The number of anilines is 1. The third kappa shape index (κ3) is 2.71. The number of aromatic nitrogens is 3. The number of nitrogens with zero attached hydrogens (tertiary/aromatic N) is 3. The van der Waals surface area contributed by atoms with E-state index in [9.17, 15) is 0 Å². The van der Waals surface area contributed by atoms with E-state index in [1.165, 1.54) is 11.8 Å². The first-order valence-electron chi connectivity index (χ1n) is 4.62. The van der Waals surface area contributed by atoms with Crippen LogP contribution in [0.25, 0.3) is 0 Å². The Labute approximate surface area is 96.6 Å². The van der Waals surface area contributed by atoms with Crippen LogP contribution in [0.15, 0.2) is 28.0 Å². The molecule has 0 radical (unpaired) electrons. The standard InChI is InChI=1S/C9H11N5OS/c1-6-13-14-9(15-6)16-5-7-2-3-8(12-10)11-4-7/h2-4H,5,10H2,1H3,(H,11,12). The number of thioether (sulfide) groups is 1. The number of nitrogen functional groups attached to an aromatic ring is 1. The van der Waals surface area contributed by atoms with Gasteiger partial charge in [-0.2, -0.15) is 0 Å². The van der Waals surface area contributed by atoms with Crippen molar-refractivity contribution in [1.29, 1.82) is 0 Å². The Bertz CT molecular complexity index is 455. The van der Waals surface area contributed by atoms with Crippen LogP contribution in [-0.4, -0.2) is 15.2 Å². The summed E-state index contributed by atoms with van der Waals surface area (Å²) in [6, 6.07) is 3.76. The second-order valence-corrected chi connectivity index (χ2v) is 4.00. The van der Waals surface area contributed by atoms with Gasteiger partial charge in [0.2, 0.25) is 5.89 Å². The van der Waals surface area contributed by atoms with E-state index in [4.69, 9.17) is 10.3 Å². The Morgan fingerprint density at radius 1 is 1.44 bits per heavy atom. The van der Waals surface area contributed by atoms with Crippen molar-refractivity contribution in [2.75, 3.05) is 5.43 Å². The van der Waals surface area contributed by atoms with Gasteiger partial charge in [-0.05, 0) is 11.6 Å². The molecular formula is C9H11N5OS. The highest BCUT2D eigenvalue weighted by molar-refractivity contribution is 7.98. The number of rotatable bonds is 4. The van der Waals surface area contributed by atoms with Crippen LogP contribution in [-0.2, 0) is 5.75 Å². The van der Waals surface area contributed by atoms with E-state index >= 15 is 0 Å². The first-order valence-corrected chi connectivity index (χ1v) is 5.61. The molecule has 3 N–H and O–H groups in total. The molecule has 0 bridgehead atoms. The first-order chi connectivity index (χ1) is 7.78. The zero-order valence-corrected chi connectivity index (χ0v) is 9.49. The zero-order valence-electron chi connectivity index (χ0n) is 8.67. The van der Waals surface area contributed by atoms with Crippen LogP contribution in [0.2, 0.25) is 0 Å². The highest BCUT2D eigenvalue weighted by Crippen LogP contribution is 2.21. The number of nitrogens with two attached hydrogens (primary N) is 1. The fraction of sp³-hybridized carbons (Fsp3) is 0.222. The van der Waals surface area contributed by atoms with Gasteiger partial charge in [0.25, 0.3) is 5.22 Å². The summed E-state index contributed by atoms with van der Waals surface area (Å²) >= 11 is 1.48. The Kier molecular flexibility index (Phi) is 3.37. The van der Waals surface area contributed by atoms with E-state index in [1.807, 2.05) is 12.1 Å². The van der Waals surface area contributed by atoms with Gasteiger partial charge >= 0.3 is 0 Å². The molecular weight excluding hydrogens is 226 g/mol. The minimum Gasteiger partial charge on any atom is -0.416 e. The van der Waals surface area contributed by atoms with Crippen molar-refractivity contribution in [3.8, 4) is 0 Å². The Hall–Kier alpha value is -1.60. The van der Waals surface area contributed by atoms with Gasteiger partial charge < -0.3 is 9.84 Å². The summed E-state index contributed by atoms with van der Waals surface area (Å²) in [6.07, 6.45) is 1.76. The number of hydrogen-bond donors (Lipinski definition) is 2. The van der Waals surface area contributed by atoms with E-state index < -0.39 is 0 Å². The largest absolute Gasteiger partial charge is 0.416 e. The van der Waals surface area contributed by atoms with Gasteiger partial charge in [0.1, 0.15) is 5.82 Å². The fourth-order valence-corrected chi connectivity index (χ4v) is 1.82. The third-order valence-electron chi connectivity index (χ3n) is 1.84. The molecule has 0 aliphatic heterocycles. The second-order valence-electron chi connectivity index (χ2n) is 3.07. The maximum absolute atomic E-state index is 5.24. The van der Waals surface area contributed by atoms with E-state index in [0.29, 0.717) is 16.9 Å². The molecule has 0 unspecified atom stereocenters. The van der Waals surface area contributed by atoms with Crippen molar-refractivity contribution >= 4 is 17.6 Å². The molecule has 0 fully saturated rings. The molecule has 0 amide bonds. The van der Waals surface area contributed by atoms with Gasteiger partial charge in [-0.25, -0.2) is 10.8 Å². The third-order valence-corrected chi connectivity index (χ3v) is 2.73. The van der Waals surface area contributed by atoms with Gasteiger partial charge in [-0.1, -0.05) is 17.8 Å². The molecule has 0 spiro atoms. The van der Waals surface area contributed by atoms with E-state index in [1.54, 1.807) is 13.1 Å². The number of aryl methyl sites for hydroxylation is 1. The Morgan fingerprint density at radius 3 is 2.88 bits per heavy atom. The highest BCUT2D eigenvalue weighted by atomic mass is 32.2. The second kappa shape index (κ2) is 4.95. The van der Waals surface area contributed by atoms with Crippen LogP contribution in [0, 0.1) is 6.92 Å². The van der Waals surface area contributed by atoms with Crippen molar-refractivity contribution in [2.45, 2.75) is 17.9 Å². The average Bonchev–Trinajstić information content (AvgIpc) is 2.73. The van der Waals surface area contributed by atoms with Crippen molar-refractivity contribution in [3.63, 3.8) is 0 Å². The maximum atomic E-state index is 5.24. The smallest absolute Gasteiger partial charge is 0.276 e. The lowest BCUT2D eigenvalue weighted by molar-refractivity contribution is 0.429. The fourth-order valence-electron chi connectivity index (χ4n) is 1.08. The normalized spacial score (nSPS) is 10.4. The zero-order chi connectivity index (χ0) is 11.4. The molecule has 0 aliphatic rings. The maximum Gasteiger partial charge on any atom is 0.276 e. The predicted octanol–water partition coefficient (Wildman–Crippen LogP) is 1.35. The molecule has 0 atom stereocenters. The SMILES string of the molecule is Cc1nnc(SCc2ccc(NN)nc2)o1. The molecule has 2 aromatic heterocycles. The summed E-state index contributed by atoms with van der Waals surface area (Å²) < 4.78 is 5.24. The summed E-state index contributed by atoms with van der Waals surface area (Å²) in [4.78, 5) is 4.10. The Balaban J connectivity index is 1.94. The van der Waals surface area contributed by atoms with Crippen LogP contribution in [0.1, 0.15) is 11.5 Å². The van der Waals surface area contributed by atoms with Crippen LogP contribution in [0.5, 0.6) is 0 Å². The monoisotopic (exact) mass is 237 g/mol. The molecule has 2 rings (SSSR count). The van der Waals surface area contributed by atoms with Crippen LogP contribution >= 0.6 is 11.8 Å². The van der Waals surface area contributed by atoms with Gasteiger partial charge in [-0.15, -0.1) is 10.2 Å². The average molecular weight is 237 g/mol. The van der Waals surface area contributed by atoms with Gasteiger partial charge in [0, 0.05) is 18.9 Å². The minimum absolute atomic E-state index is 0.568. The van der Waals surface area contributed by atoms with Crippen LogP contribution in [0.4, 0.5) is 5.82 Å². The van der Waals surface area contributed by atoms with Crippen molar-refractivity contribution in [1.82, 2.24) is 15.2 Å². The van der Waals surface area contributed by atoms with Gasteiger partial charge in [0.05, 0.1) is 0 Å².